The average Bonchev–Trinajstić information content (AvgIpc) is 2.26. The largest absolute Gasteiger partial charge is 0.368 e. The summed E-state index contributed by atoms with van der Waals surface area (Å²) in [5.41, 5.74) is 5.87. The highest BCUT2D eigenvalue weighted by Crippen LogP contribution is 2.07. The second-order valence-corrected chi connectivity index (χ2v) is 4.95. The number of hydrogen-bond acceptors (Lipinski definition) is 2. The number of nitrogens with one attached hydrogen (secondary N) is 1. The molecule has 1 aromatic carbocycles. The Balaban J connectivity index is 2.68. The molecule has 0 spiro atoms. The number of hydrogen-bond donors (Lipinski definition) is 2. The number of rotatable bonds is 6. The van der Waals surface area contributed by atoms with E-state index >= 15 is 0 Å². The van der Waals surface area contributed by atoms with E-state index in [4.69, 9.17) is 5.73 Å². The van der Waals surface area contributed by atoms with E-state index < -0.39 is 11.9 Å². The first-order valence-corrected chi connectivity index (χ1v) is 6.21. The molecule has 0 fully saturated rings. The Morgan fingerprint density at radius 2 is 2.05 bits per heavy atom. The molecular formula is C14H19FN2O2. The third-order valence-electron chi connectivity index (χ3n) is 2.60. The molecule has 0 aliphatic heterocycles. The van der Waals surface area contributed by atoms with E-state index in [1.54, 1.807) is 12.1 Å². The van der Waals surface area contributed by atoms with Gasteiger partial charge in [-0.2, -0.15) is 0 Å². The zero-order valence-electron chi connectivity index (χ0n) is 11.2. The zero-order chi connectivity index (χ0) is 14.4. The van der Waals surface area contributed by atoms with Crippen LogP contribution in [0.2, 0.25) is 0 Å². The van der Waals surface area contributed by atoms with Gasteiger partial charge in [-0.3, -0.25) is 9.59 Å². The summed E-state index contributed by atoms with van der Waals surface area (Å²) in [5, 5.41) is 2.58. The minimum atomic E-state index is -0.812. The fourth-order valence-corrected chi connectivity index (χ4v) is 1.75. The van der Waals surface area contributed by atoms with Gasteiger partial charge in [0.25, 0.3) is 0 Å². The van der Waals surface area contributed by atoms with E-state index in [1.165, 1.54) is 12.1 Å². The molecule has 0 aliphatic carbocycles. The van der Waals surface area contributed by atoms with Gasteiger partial charge in [0.05, 0.1) is 0 Å². The van der Waals surface area contributed by atoms with Gasteiger partial charge in [0.1, 0.15) is 11.9 Å². The molecule has 1 rings (SSSR count). The van der Waals surface area contributed by atoms with Gasteiger partial charge in [-0.05, 0) is 23.6 Å². The number of carbonyl (C=O) groups excluding carboxylic acids is 2. The van der Waals surface area contributed by atoms with Crippen molar-refractivity contribution in [2.24, 2.45) is 11.7 Å². The molecule has 1 aromatic rings. The molecule has 4 nitrogen and oxygen atoms in total. The molecule has 3 N–H and O–H groups in total. The third kappa shape index (κ3) is 5.50. The first kappa shape index (κ1) is 15.1. The lowest BCUT2D eigenvalue weighted by Gasteiger charge is -2.16. The van der Waals surface area contributed by atoms with E-state index in [1.807, 2.05) is 13.8 Å². The van der Waals surface area contributed by atoms with Gasteiger partial charge in [-0.15, -0.1) is 0 Å². The first-order valence-electron chi connectivity index (χ1n) is 6.21. The van der Waals surface area contributed by atoms with E-state index in [0.717, 1.165) is 0 Å². The molecule has 104 valence electrons. The Hall–Kier alpha value is -1.91. The number of primary amides is 1. The monoisotopic (exact) mass is 266 g/mol. The van der Waals surface area contributed by atoms with Gasteiger partial charge in [0, 0.05) is 12.8 Å². The summed E-state index contributed by atoms with van der Waals surface area (Å²) in [6, 6.07) is 5.07. The molecular weight excluding hydrogens is 247 g/mol. The van der Waals surface area contributed by atoms with Gasteiger partial charge >= 0.3 is 0 Å². The van der Waals surface area contributed by atoms with Gasteiger partial charge < -0.3 is 11.1 Å². The summed E-state index contributed by atoms with van der Waals surface area (Å²) in [7, 11) is 0. The standard InChI is InChI=1S/C14H19FN2O2/c1-9(2)6-13(18)17-12(14(16)19)8-10-4-3-5-11(15)7-10/h3-5,7,9,12H,6,8H2,1-2H3,(H2,16,19)(H,17,18)/t12-/m1/s1. The number of amides is 2. The molecule has 0 saturated heterocycles. The maximum atomic E-state index is 13.0. The average molecular weight is 266 g/mol. The second-order valence-electron chi connectivity index (χ2n) is 4.95. The summed E-state index contributed by atoms with van der Waals surface area (Å²) in [4.78, 5) is 23.0. The Bertz CT molecular complexity index is 461. The minimum Gasteiger partial charge on any atom is -0.368 e. The quantitative estimate of drug-likeness (QED) is 0.816. The van der Waals surface area contributed by atoms with Crippen LogP contribution in [0.3, 0.4) is 0 Å². The molecule has 0 heterocycles. The van der Waals surface area contributed by atoms with Gasteiger partial charge in [-0.1, -0.05) is 26.0 Å². The minimum absolute atomic E-state index is 0.191. The Morgan fingerprint density at radius 3 is 2.58 bits per heavy atom. The highest BCUT2D eigenvalue weighted by atomic mass is 19.1. The van der Waals surface area contributed by atoms with E-state index in [2.05, 4.69) is 5.32 Å². The second kappa shape index (κ2) is 6.87. The Kier molecular flexibility index (Phi) is 5.48. The highest BCUT2D eigenvalue weighted by Gasteiger charge is 2.19. The predicted molar refractivity (Wildman–Crippen MR) is 70.7 cm³/mol. The predicted octanol–water partition coefficient (Wildman–Crippen LogP) is 1.38. The molecule has 0 aromatic heterocycles. The SMILES string of the molecule is CC(C)CC(=O)N[C@H](Cc1cccc(F)c1)C(N)=O. The van der Waals surface area contributed by atoms with E-state index in [9.17, 15) is 14.0 Å². The van der Waals surface area contributed by atoms with Crippen LogP contribution in [0.25, 0.3) is 0 Å². The molecule has 19 heavy (non-hydrogen) atoms. The van der Waals surface area contributed by atoms with Crippen molar-refractivity contribution in [2.45, 2.75) is 32.7 Å². The van der Waals surface area contributed by atoms with Crippen LogP contribution in [0, 0.1) is 11.7 Å². The maximum absolute atomic E-state index is 13.0. The lowest BCUT2D eigenvalue weighted by atomic mass is 10.0. The smallest absolute Gasteiger partial charge is 0.240 e. The number of nitrogens with two attached hydrogens (primary N) is 1. The Labute approximate surface area is 112 Å². The molecule has 0 saturated carbocycles. The summed E-state index contributed by atoms with van der Waals surface area (Å²) >= 11 is 0. The van der Waals surface area contributed by atoms with Crippen molar-refractivity contribution < 1.29 is 14.0 Å². The Morgan fingerprint density at radius 1 is 1.37 bits per heavy atom. The van der Waals surface area contributed by atoms with Crippen LogP contribution in [0.5, 0.6) is 0 Å². The van der Waals surface area contributed by atoms with Gasteiger partial charge in [0.2, 0.25) is 11.8 Å². The van der Waals surface area contributed by atoms with Crippen LogP contribution in [0.1, 0.15) is 25.8 Å². The highest BCUT2D eigenvalue weighted by molar-refractivity contribution is 5.86. The number of halogens is 1. The lowest BCUT2D eigenvalue weighted by molar-refractivity contribution is -0.127. The summed E-state index contributed by atoms with van der Waals surface area (Å²) in [6.07, 6.45) is 0.518. The lowest BCUT2D eigenvalue weighted by Crippen LogP contribution is -2.46. The molecule has 0 aliphatic rings. The first-order chi connectivity index (χ1) is 8.88. The van der Waals surface area contributed by atoms with Gasteiger partial charge in [0.15, 0.2) is 0 Å². The van der Waals surface area contributed by atoms with Crippen molar-refractivity contribution in [3.63, 3.8) is 0 Å². The van der Waals surface area contributed by atoms with E-state index in [0.29, 0.717) is 12.0 Å². The third-order valence-corrected chi connectivity index (χ3v) is 2.60. The molecule has 5 heteroatoms. The van der Waals surface area contributed by atoms with Crippen LogP contribution < -0.4 is 11.1 Å². The topological polar surface area (TPSA) is 72.2 Å². The fourth-order valence-electron chi connectivity index (χ4n) is 1.75. The van der Waals surface area contributed by atoms with Crippen molar-refractivity contribution in [1.82, 2.24) is 5.32 Å². The molecule has 2 amide bonds. The normalized spacial score (nSPS) is 12.2. The fraction of sp³-hybridized carbons (Fsp3) is 0.429. The number of benzene rings is 1. The van der Waals surface area contributed by atoms with Crippen LogP contribution in [-0.4, -0.2) is 17.9 Å². The molecule has 0 radical (unpaired) electrons. The van der Waals surface area contributed by atoms with E-state index in [-0.39, 0.29) is 24.1 Å². The van der Waals surface area contributed by atoms with Crippen molar-refractivity contribution in [2.75, 3.05) is 0 Å². The van der Waals surface area contributed by atoms with Crippen molar-refractivity contribution in [1.29, 1.82) is 0 Å². The van der Waals surface area contributed by atoms with Crippen molar-refractivity contribution in [3.05, 3.63) is 35.6 Å². The van der Waals surface area contributed by atoms with Crippen molar-refractivity contribution in [3.8, 4) is 0 Å². The van der Waals surface area contributed by atoms with Crippen LogP contribution in [-0.2, 0) is 16.0 Å². The van der Waals surface area contributed by atoms with Gasteiger partial charge in [-0.25, -0.2) is 4.39 Å². The van der Waals surface area contributed by atoms with Crippen LogP contribution in [0.4, 0.5) is 4.39 Å². The maximum Gasteiger partial charge on any atom is 0.240 e. The van der Waals surface area contributed by atoms with Crippen LogP contribution >= 0.6 is 0 Å². The van der Waals surface area contributed by atoms with Crippen LogP contribution in [0.15, 0.2) is 24.3 Å². The summed E-state index contributed by atoms with van der Waals surface area (Å²) < 4.78 is 13.0. The molecule has 0 bridgehead atoms. The molecule has 1 atom stereocenters. The van der Waals surface area contributed by atoms with Crippen molar-refractivity contribution >= 4 is 11.8 Å². The number of carbonyl (C=O) groups is 2. The zero-order valence-corrected chi connectivity index (χ0v) is 11.2. The summed E-state index contributed by atoms with van der Waals surface area (Å²) in [5.74, 6) is -1.03. The molecule has 0 unspecified atom stereocenters. The summed E-state index contributed by atoms with van der Waals surface area (Å²) in [6.45, 7) is 3.82.